The lowest BCUT2D eigenvalue weighted by molar-refractivity contribution is 0.133. The van der Waals surface area contributed by atoms with E-state index in [2.05, 4.69) is 24.2 Å². The average molecular weight is 170 g/mol. The van der Waals surface area contributed by atoms with Crippen molar-refractivity contribution in [1.82, 2.24) is 10.2 Å². The minimum atomic E-state index is 0.661. The summed E-state index contributed by atoms with van der Waals surface area (Å²) in [5, 5.41) is 3.37. The zero-order chi connectivity index (χ0) is 9.19. The molecular weight excluding hydrogens is 148 g/mol. The van der Waals surface area contributed by atoms with E-state index in [-0.39, 0.29) is 0 Å². The van der Waals surface area contributed by atoms with E-state index in [1.54, 1.807) is 0 Å². The molecule has 0 aromatic heterocycles. The second kappa shape index (κ2) is 3.75. The van der Waals surface area contributed by atoms with Crippen LogP contribution < -0.4 is 5.32 Å². The summed E-state index contributed by atoms with van der Waals surface area (Å²) < 4.78 is 0. The normalized spacial score (nSPS) is 32.5. The highest BCUT2D eigenvalue weighted by Gasteiger charge is 2.46. The largest absolute Gasteiger partial charge is 0.315 e. The summed E-state index contributed by atoms with van der Waals surface area (Å²) in [6.07, 6.45) is 0. The molecule has 2 aliphatic rings. The van der Waals surface area contributed by atoms with Crippen molar-refractivity contribution in [3.63, 3.8) is 0 Å². The van der Waals surface area contributed by atoms with E-state index in [1.807, 2.05) is 13.8 Å². The molecule has 72 valence electrons. The third-order valence-corrected chi connectivity index (χ3v) is 3.17. The summed E-state index contributed by atoms with van der Waals surface area (Å²) in [6.45, 7) is 11.5. The number of hydrogen-bond donors (Lipinski definition) is 1. The fourth-order valence-electron chi connectivity index (χ4n) is 2.33. The van der Waals surface area contributed by atoms with Gasteiger partial charge >= 0.3 is 0 Å². The van der Waals surface area contributed by atoms with Crippen LogP contribution in [0.4, 0.5) is 0 Å². The predicted molar refractivity (Wildman–Crippen MR) is 53.3 cm³/mol. The molecule has 1 unspecified atom stereocenters. The van der Waals surface area contributed by atoms with Gasteiger partial charge in [-0.05, 0) is 13.0 Å². The van der Waals surface area contributed by atoms with Crippen LogP contribution >= 0.6 is 0 Å². The van der Waals surface area contributed by atoms with Crippen molar-refractivity contribution in [1.29, 1.82) is 0 Å². The minimum absolute atomic E-state index is 0.661. The maximum absolute atomic E-state index is 3.37. The maximum Gasteiger partial charge on any atom is 0.0117 e. The fourth-order valence-corrected chi connectivity index (χ4v) is 2.33. The molecule has 1 spiro atoms. The molecule has 0 radical (unpaired) electrons. The molecule has 1 N–H and O–H groups in total. The molecule has 2 saturated heterocycles. The molecule has 2 rings (SSSR count). The smallest absolute Gasteiger partial charge is 0.0117 e. The Bertz CT molecular complexity index is 141. The zero-order valence-corrected chi connectivity index (χ0v) is 8.85. The van der Waals surface area contributed by atoms with Crippen LogP contribution in [0.5, 0.6) is 0 Å². The molecule has 2 fully saturated rings. The van der Waals surface area contributed by atoms with Crippen molar-refractivity contribution in [3.05, 3.63) is 0 Å². The lowest BCUT2D eigenvalue weighted by Gasteiger charge is -2.42. The van der Waals surface area contributed by atoms with Gasteiger partial charge in [-0.15, -0.1) is 0 Å². The monoisotopic (exact) mass is 170 g/mol. The highest BCUT2D eigenvalue weighted by atomic mass is 15.2. The van der Waals surface area contributed by atoms with E-state index < -0.39 is 0 Å². The lowest BCUT2D eigenvalue weighted by atomic mass is 9.74. The number of rotatable bonds is 0. The lowest BCUT2D eigenvalue weighted by Crippen LogP contribution is -2.57. The Hall–Kier alpha value is -0.0800. The molecule has 2 heteroatoms. The van der Waals surface area contributed by atoms with Gasteiger partial charge in [0.25, 0.3) is 0 Å². The molecule has 0 aromatic rings. The van der Waals surface area contributed by atoms with Crippen LogP contribution in [0.15, 0.2) is 0 Å². The summed E-state index contributed by atoms with van der Waals surface area (Å²) in [6, 6.07) is 0. The Kier molecular flexibility index (Phi) is 3.13. The van der Waals surface area contributed by atoms with Gasteiger partial charge < -0.3 is 10.2 Å². The molecule has 0 aromatic carbocycles. The number of likely N-dealkylation sites (tertiary alicyclic amines) is 1. The van der Waals surface area contributed by atoms with Gasteiger partial charge in [0.05, 0.1) is 0 Å². The molecule has 1 atom stereocenters. The van der Waals surface area contributed by atoms with Gasteiger partial charge in [0.1, 0.15) is 0 Å². The van der Waals surface area contributed by atoms with Crippen molar-refractivity contribution in [2.24, 2.45) is 11.3 Å². The fraction of sp³-hybridized carbons (Fsp3) is 1.00. The van der Waals surface area contributed by atoms with Gasteiger partial charge in [-0.2, -0.15) is 0 Å². The second-order valence-corrected chi connectivity index (χ2v) is 4.06. The topological polar surface area (TPSA) is 15.3 Å². The van der Waals surface area contributed by atoms with Crippen LogP contribution in [-0.2, 0) is 0 Å². The van der Waals surface area contributed by atoms with Gasteiger partial charge in [-0.25, -0.2) is 0 Å². The van der Waals surface area contributed by atoms with Crippen molar-refractivity contribution in [2.75, 3.05) is 33.2 Å². The van der Waals surface area contributed by atoms with E-state index in [0.717, 1.165) is 5.92 Å². The van der Waals surface area contributed by atoms with Crippen LogP contribution in [0.3, 0.4) is 0 Å². The van der Waals surface area contributed by atoms with Crippen molar-refractivity contribution in [3.8, 4) is 0 Å². The molecule has 2 aliphatic heterocycles. The van der Waals surface area contributed by atoms with Crippen molar-refractivity contribution < 1.29 is 0 Å². The first-order valence-corrected chi connectivity index (χ1v) is 5.12. The second-order valence-electron chi connectivity index (χ2n) is 4.06. The van der Waals surface area contributed by atoms with Gasteiger partial charge in [0.15, 0.2) is 0 Å². The Morgan fingerprint density at radius 1 is 1.33 bits per heavy atom. The van der Waals surface area contributed by atoms with Gasteiger partial charge in [-0.3, -0.25) is 0 Å². The molecule has 0 bridgehead atoms. The zero-order valence-electron chi connectivity index (χ0n) is 8.85. The Morgan fingerprint density at radius 2 is 1.92 bits per heavy atom. The van der Waals surface area contributed by atoms with Gasteiger partial charge in [-0.1, -0.05) is 20.8 Å². The molecule has 2 nitrogen and oxygen atoms in total. The van der Waals surface area contributed by atoms with Crippen LogP contribution in [0.25, 0.3) is 0 Å². The van der Waals surface area contributed by atoms with Crippen molar-refractivity contribution >= 4 is 0 Å². The highest BCUT2D eigenvalue weighted by molar-refractivity contribution is 5.02. The molecule has 0 saturated carbocycles. The van der Waals surface area contributed by atoms with Crippen LogP contribution in [0.1, 0.15) is 20.8 Å². The molecule has 2 heterocycles. The minimum Gasteiger partial charge on any atom is -0.315 e. The summed E-state index contributed by atoms with van der Waals surface area (Å²) in [5.74, 6) is 0.902. The number of nitrogens with one attached hydrogen (secondary N) is 1. The Balaban J connectivity index is 0.000000336. The predicted octanol–water partition coefficient (Wildman–Crippen LogP) is 1.18. The number of hydrogen-bond acceptors (Lipinski definition) is 2. The van der Waals surface area contributed by atoms with Crippen LogP contribution in [0.2, 0.25) is 0 Å². The van der Waals surface area contributed by atoms with E-state index in [0.29, 0.717) is 5.41 Å². The number of nitrogens with zero attached hydrogens (tertiary/aromatic N) is 1. The highest BCUT2D eigenvalue weighted by Crippen LogP contribution is 2.38. The van der Waals surface area contributed by atoms with Crippen LogP contribution in [0, 0.1) is 11.3 Å². The SMILES string of the molecule is CC.CC1CN(C)CC12CNC2. The first kappa shape index (κ1) is 10.0. The third-order valence-electron chi connectivity index (χ3n) is 3.17. The first-order valence-electron chi connectivity index (χ1n) is 5.12. The summed E-state index contributed by atoms with van der Waals surface area (Å²) in [7, 11) is 2.23. The quantitative estimate of drug-likeness (QED) is 0.587. The standard InChI is InChI=1S/C8H16N2.C2H6/c1-7-3-10(2)6-8(7)4-9-5-8;1-2/h7,9H,3-6H2,1-2H3;1-2H3. The molecule has 12 heavy (non-hydrogen) atoms. The van der Waals surface area contributed by atoms with E-state index in [1.165, 1.54) is 26.2 Å². The van der Waals surface area contributed by atoms with Gasteiger partial charge in [0, 0.05) is 31.6 Å². The molecule has 0 aliphatic carbocycles. The first-order chi connectivity index (χ1) is 5.73. The summed E-state index contributed by atoms with van der Waals surface area (Å²) >= 11 is 0. The Morgan fingerprint density at radius 3 is 2.08 bits per heavy atom. The van der Waals surface area contributed by atoms with E-state index in [9.17, 15) is 0 Å². The van der Waals surface area contributed by atoms with E-state index >= 15 is 0 Å². The van der Waals surface area contributed by atoms with Crippen molar-refractivity contribution in [2.45, 2.75) is 20.8 Å². The molecular formula is C10H22N2. The van der Waals surface area contributed by atoms with E-state index in [4.69, 9.17) is 0 Å². The maximum atomic E-state index is 3.37. The average Bonchev–Trinajstić information content (AvgIpc) is 2.29. The third kappa shape index (κ3) is 1.50. The summed E-state index contributed by atoms with van der Waals surface area (Å²) in [5.41, 5.74) is 0.661. The molecule has 0 amide bonds. The summed E-state index contributed by atoms with van der Waals surface area (Å²) in [4.78, 5) is 2.45. The van der Waals surface area contributed by atoms with Gasteiger partial charge in [0.2, 0.25) is 0 Å². The van der Waals surface area contributed by atoms with Crippen LogP contribution in [-0.4, -0.2) is 38.1 Å². The Labute approximate surface area is 76.3 Å².